The molecule has 146 valence electrons. The fourth-order valence-electron chi connectivity index (χ4n) is 2.77. The van der Waals surface area contributed by atoms with E-state index in [2.05, 4.69) is 10.0 Å². The van der Waals surface area contributed by atoms with E-state index in [4.69, 9.17) is 0 Å². The van der Waals surface area contributed by atoms with Gasteiger partial charge < -0.3 is 5.32 Å². The highest BCUT2D eigenvalue weighted by Gasteiger charge is 2.15. The first kappa shape index (κ1) is 20.0. The summed E-state index contributed by atoms with van der Waals surface area (Å²) in [5, 5.41) is 3.18. The molecule has 0 aliphatic carbocycles. The van der Waals surface area contributed by atoms with Crippen molar-refractivity contribution in [2.45, 2.75) is 18.4 Å². The minimum Gasteiger partial charge on any atom is -0.313 e. The number of hydrogen-bond acceptors (Lipinski definition) is 3. The van der Waals surface area contributed by atoms with E-state index in [0.29, 0.717) is 17.8 Å². The van der Waals surface area contributed by atoms with E-state index in [9.17, 15) is 17.2 Å². The van der Waals surface area contributed by atoms with Crippen LogP contribution in [-0.4, -0.2) is 15.0 Å². The molecule has 3 aromatic carbocycles. The van der Waals surface area contributed by atoms with Gasteiger partial charge in [-0.1, -0.05) is 31.2 Å². The van der Waals surface area contributed by atoms with E-state index >= 15 is 0 Å². The van der Waals surface area contributed by atoms with Crippen molar-refractivity contribution in [3.05, 3.63) is 83.9 Å². The number of nitrogens with one attached hydrogen (secondary N) is 2. The summed E-state index contributed by atoms with van der Waals surface area (Å²) in [7, 11) is -3.79. The van der Waals surface area contributed by atoms with Crippen molar-refractivity contribution in [3.63, 3.8) is 0 Å². The molecule has 0 atom stereocenters. The number of sulfonamides is 1. The van der Waals surface area contributed by atoms with E-state index in [-0.39, 0.29) is 10.5 Å². The van der Waals surface area contributed by atoms with Gasteiger partial charge in [-0.15, -0.1) is 0 Å². The number of benzene rings is 3. The molecule has 0 aliphatic rings. The zero-order chi connectivity index (χ0) is 20.1. The average molecular weight is 402 g/mol. The molecule has 3 rings (SSSR count). The second-order valence-electron chi connectivity index (χ2n) is 6.23. The molecule has 0 unspecified atom stereocenters. The van der Waals surface area contributed by atoms with Crippen LogP contribution in [0.1, 0.15) is 12.5 Å². The van der Waals surface area contributed by atoms with Crippen LogP contribution < -0.4 is 10.0 Å². The highest BCUT2D eigenvalue weighted by molar-refractivity contribution is 7.92. The lowest BCUT2D eigenvalue weighted by Crippen LogP contribution is -2.14. The maximum Gasteiger partial charge on any atom is 0.261 e. The van der Waals surface area contributed by atoms with Crippen molar-refractivity contribution in [2.75, 3.05) is 11.3 Å². The fourth-order valence-corrected chi connectivity index (χ4v) is 3.81. The van der Waals surface area contributed by atoms with E-state index in [0.717, 1.165) is 24.2 Å². The third kappa shape index (κ3) is 4.74. The van der Waals surface area contributed by atoms with Crippen molar-refractivity contribution >= 4 is 15.7 Å². The summed E-state index contributed by atoms with van der Waals surface area (Å²) in [5.41, 5.74) is 2.09. The predicted octanol–water partition coefficient (Wildman–Crippen LogP) is 4.54. The van der Waals surface area contributed by atoms with Crippen LogP contribution in [0.4, 0.5) is 14.5 Å². The van der Waals surface area contributed by atoms with Gasteiger partial charge in [-0.05, 0) is 54.1 Å². The van der Waals surface area contributed by atoms with Gasteiger partial charge in [0.2, 0.25) is 0 Å². The van der Waals surface area contributed by atoms with Crippen LogP contribution in [0.15, 0.2) is 71.6 Å². The molecule has 0 fully saturated rings. The summed E-state index contributed by atoms with van der Waals surface area (Å²) in [4.78, 5) is 0.0517. The van der Waals surface area contributed by atoms with Crippen molar-refractivity contribution < 1.29 is 17.2 Å². The van der Waals surface area contributed by atoms with Gasteiger partial charge in [0.15, 0.2) is 0 Å². The molecule has 4 nitrogen and oxygen atoms in total. The van der Waals surface area contributed by atoms with Gasteiger partial charge in [0.1, 0.15) is 11.6 Å². The van der Waals surface area contributed by atoms with Gasteiger partial charge in [0.05, 0.1) is 4.90 Å². The Morgan fingerprint density at radius 2 is 1.68 bits per heavy atom. The average Bonchev–Trinajstić information content (AvgIpc) is 2.66. The van der Waals surface area contributed by atoms with Crippen LogP contribution >= 0.6 is 0 Å². The Morgan fingerprint density at radius 3 is 2.36 bits per heavy atom. The largest absolute Gasteiger partial charge is 0.313 e. The third-order valence-corrected chi connectivity index (χ3v) is 5.56. The van der Waals surface area contributed by atoms with Crippen LogP contribution in [0.3, 0.4) is 0 Å². The van der Waals surface area contributed by atoms with Gasteiger partial charge in [-0.3, -0.25) is 4.72 Å². The Morgan fingerprint density at radius 1 is 0.929 bits per heavy atom. The lowest BCUT2D eigenvalue weighted by molar-refractivity contribution is 0.585. The lowest BCUT2D eigenvalue weighted by atomic mass is 10.1. The van der Waals surface area contributed by atoms with Crippen LogP contribution in [0.5, 0.6) is 0 Å². The molecular weight excluding hydrogens is 382 g/mol. The van der Waals surface area contributed by atoms with E-state index in [1.54, 1.807) is 18.2 Å². The quantitative estimate of drug-likeness (QED) is 0.610. The molecule has 0 saturated heterocycles. The maximum absolute atomic E-state index is 13.9. The van der Waals surface area contributed by atoms with E-state index in [1.165, 1.54) is 30.3 Å². The third-order valence-electron chi connectivity index (χ3n) is 4.17. The Bertz CT molecular complexity index is 1070. The second kappa shape index (κ2) is 8.50. The van der Waals surface area contributed by atoms with E-state index in [1.807, 2.05) is 13.0 Å². The first-order valence-electron chi connectivity index (χ1n) is 8.77. The Hall–Kier alpha value is -2.77. The Kier molecular flexibility index (Phi) is 6.06. The molecule has 0 aliphatic heterocycles. The molecule has 0 heterocycles. The highest BCUT2D eigenvalue weighted by atomic mass is 32.2. The molecule has 0 radical (unpaired) electrons. The number of anilines is 1. The number of rotatable bonds is 7. The van der Waals surface area contributed by atoms with Crippen LogP contribution in [-0.2, 0) is 16.6 Å². The van der Waals surface area contributed by atoms with Gasteiger partial charge in [0.25, 0.3) is 10.0 Å². The summed E-state index contributed by atoms with van der Waals surface area (Å²) in [6.07, 6.45) is 0. The van der Waals surface area contributed by atoms with Crippen molar-refractivity contribution in [1.82, 2.24) is 5.32 Å². The maximum atomic E-state index is 13.9. The Labute approximate surface area is 163 Å². The minimum atomic E-state index is -3.79. The standard InChI is InChI=1S/C21H20F2N2O2S/c1-2-24-14-15-4-3-5-18(12-15)25-28(26,27)19-9-6-16(7-10-19)20-11-8-17(22)13-21(20)23/h3-13,24-25H,2,14H2,1H3. The molecule has 0 spiro atoms. The van der Waals surface area contributed by atoms with Crippen molar-refractivity contribution in [2.24, 2.45) is 0 Å². The molecule has 0 aromatic heterocycles. The summed E-state index contributed by atoms with van der Waals surface area (Å²) in [6, 6.07) is 16.2. The van der Waals surface area contributed by atoms with Crippen LogP contribution in [0.25, 0.3) is 11.1 Å². The SMILES string of the molecule is CCNCc1cccc(NS(=O)(=O)c2ccc(-c3ccc(F)cc3F)cc2)c1. The summed E-state index contributed by atoms with van der Waals surface area (Å²) in [6.45, 7) is 3.45. The van der Waals surface area contributed by atoms with Gasteiger partial charge >= 0.3 is 0 Å². The molecular formula is C21H20F2N2O2S. The monoisotopic (exact) mass is 402 g/mol. The summed E-state index contributed by atoms with van der Waals surface area (Å²) in [5.74, 6) is -1.37. The summed E-state index contributed by atoms with van der Waals surface area (Å²) >= 11 is 0. The second-order valence-corrected chi connectivity index (χ2v) is 7.92. The molecule has 0 saturated carbocycles. The highest BCUT2D eigenvalue weighted by Crippen LogP contribution is 2.25. The molecule has 2 N–H and O–H groups in total. The summed E-state index contributed by atoms with van der Waals surface area (Å²) < 4.78 is 54.8. The first-order valence-corrected chi connectivity index (χ1v) is 10.3. The topological polar surface area (TPSA) is 58.2 Å². The smallest absolute Gasteiger partial charge is 0.261 e. The Balaban J connectivity index is 1.81. The number of halogens is 2. The predicted molar refractivity (Wildman–Crippen MR) is 106 cm³/mol. The van der Waals surface area contributed by atoms with Crippen molar-refractivity contribution in [3.8, 4) is 11.1 Å². The normalized spacial score (nSPS) is 11.4. The van der Waals surface area contributed by atoms with Crippen LogP contribution in [0.2, 0.25) is 0 Å². The first-order chi connectivity index (χ1) is 13.4. The molecule has 7 heteroatoms. The minimum absolute atomic E-state index is 0.0517. The molecule has 0 amide bonds. The van der Waals surface area contributed by atoms with Crippen molar-refractivity contribution in [1.29, 1.82) is 0 Å². The molecule has 3 aromatic rings. The van der Waals surface area contributed by atoms with Gasteiger partial charge in [-0.2, -0.15) is 0 Å². The van der Waals surface area contributed by atoms with Gasteiger partial charge in [0, 0.05) is 23.9 Å². The van der Waals surface area contributed by atoms with Crippen LogP contribution in [0, 0.1) is 11.6 Å². The lowest BCUT2D eigenvalue weighted by Gasteiger charge is -2.11. The van der Waals surface area contributed by atoms with E-state index < -0.39 is 21.7 Å². The zero-order valence-corrected chi connectivity index (χ0v) is 16.1. The number of hydrogen-bond donors (Lipinski definition) is 2. The molecule has 0 bridgehead atoms. The zero-order valence-electron chi connectivity index (χ0n) is 15.2. The molecule has 28 heavy (non-hydrogen) atoms. The fraction of sp³-hybridized carbons (Fsp3) is 0.143. The van der Waals surface area contributed by atoms with Gasteiger partial charge in [-0.25, -0.2) is 17.2 Å².